The Balaban J connectivity index is 1.72. The Kier molecular flexibility index (Phi) is 4.41. The van der Waals surface area contributed by atoms with Crippen LogP contribution >= 0.6 is 11.6 Å². The van der Waals surface area contributed by atoms with Crippen LogP contribution in [0.3, 0.4) is 0 Å². The molecule has 4 rings (SSSR count). The summed E-state index contributed by atoms with van der Waals surface area (Å²) in [5, 5.41) is 10.1. The molecule has 5 nitrogen and oxygen atoms in total. The van der Waals surface area contributed by atoms with E-state index in [0.29, 0.717) is 33.7 Å². The van der Waals surface area contributed by atoms with Gasteiger partial charge in [0, 0.05) is 11.1 Å². The molecule has 0 atom stereocenters. The van der Waals surface area contributed by atoms with Crippen LogP contribution < -0.4 is 4.74 Å². The molecule has 0 unspecified atom stereocenters. The van der Waals surface area contributed by atoms with E-state index >= 15 is 0 Å². The zero-order valence-corrected chi connectivity index (χ0v) is 15.1. The molecule has 0 fully saturated rings. The quantitative estimate of drug-likeness (QED) is 0.474. The molecule has 2 aromatic heterocycles. The second kappa shape index (κ2) is 7.02. The molecule has 1 N–H and O–H groups in total. The van der Waals surface area contributed by atoms with Crippen molar-refractivity contribution in [2.45, 2.75) is 0 Å². The van der Waals surface area contributed by atoms with Crippen LogP contribution in [0.1, 0.15) is 11.6 Å². The van der Waals surface area contributed by atoms with E-state index in [1.54, 1.807) is 37.5 Å². The van der Waals surface area contributed by atoms with Crippen LogP contribution in [0.15, 0.2) is 59.0 Å². The monoisotopic (exact) mass is 375 g/mol. The molecule has 2 aromatic carbocycles. The Labute approximate surface area is 160 Å². The predicted molar refractivity (Wildman–Crippen MR) is 105 cm³/mol. The van der Waals surface area contributed by atoms with Crippen molar-refractivity contribution in [3.05, 3.63) is 71.2 Å². The minimum absolute atomic E-state index is 0.380. The van der Waals surface area contributed by atoms with Gasteiger partial charge >= 0.3 is 0 Å². The van der Waals surface area contributed by atoms with Crippen molar-refractivity contribution in [2.24, 2.45) is 0 Å². The average molecular weight is 376 g/mol. The van der Waals surface area contributed by atoms with Gasteiger partial charge in [0.2, 0.25) is 0 Å². The third kappa shape index (κ3) is 3.31. The lowest BCUT2D eigenvalue weighted by atomic mass is 10.1. The van der Waals surface area contributed by atoms with E-state index in [4.69, 9.17) is 20.8 Å². The van der Waals surface area contributed by atoms with E-state index in [1.165, 1.54) is 0 Å². The molecule has 0 spiro atoms. The molecule has 0 amide bonds. The van der Waals surface area contributed by atoms with Gasteiger partial charge in [0.1, 0.15) is 29.2 Å². The Hall–Kier alpha value is -3.49. The van der Waals surface area contributed by atoms with E-state index in [0.717, 1.165) is 16.6 Å². The average Bonchev–Trinajstić information content (AvgIpc) is 3.32. The lowest BCUT2D eigenvalue weighted by Crippen LogP contribution is -1.86. The number of hydrogen-bond donors (Lipinski definition) is 1. The minimum atomic E-state index is 0.380. The van der Waals surface area contributed by atoms with Gasteiger partial charge in [-0.2, -0.15) is 5.26 Å². The number of halogens is 1. The number of methoxy groups -OCH3 is 1. The van der Waals surface area contributed by atoms with Crippen molar-refractivity contribution in [3.8, 4) is 23.1 Å². The van der Waals surface area contributed by atoms with Crippen molar-refractivity contribution >= 4 is 34.3 Å². The molecule has 6 heteroatoms. The molecular weight excluding hydrogens is 362 g/mol. The maximum Gasteiger partial charge on any atom is 0.149 e. The standard InChI is InChI=1S/C21H14ClN3O2/c1-26-19-8-6-14(22)11-16(19)20-9-7-15(27-20)10-13(12-23)21-24-17-4-2-3-5-18(17)25-21/h2-11H,1H3,(H,24,25)/b13-10-. The van der Waals surface area contributed by atoms with E-state index in [9.17, 15) is 5.26 Å². The summed E-state index contributed by atoms with van der Waals surface area (Å²) in [4.78, 5) is 7.61. The number of aromatic amines is 1. The topological polar surface area (TPSA) is 74.8 Å². The summed E-state index contributed by atoms with van der Waals surface area (Å²) in [6.07, 6.45) is 1.65. The number of nitrogens with one attached hydrogen (secondary N) is 1. The second-order valence-corrected chi connectivity index (χ2v) is 6.26. The van der Waals surface area contributed by atoms with E-state index in [-0.39, 0.29) is 0 Å². The summed E-state index contributed by atoms with van der Waals surface area (Å²) in [6.45, 7) is 0. The van der Waals surface area contributed by atoms with Crippen LogP contribution in [0.5, 0.6) is 5.75 Å². The highest BCUT2D eigenvalue weighted by Crippen LogP contribution is 2.34. The largest absolute Gasteiger partial charge is 0.496 e. The number of ether oxygens (including phenoxy) is 1. The fourth-order valence-corrected chi connectivity index (χ4v) is 3.00. The summed E-state index contributed by atoms with van der Waals surface area (Å²) in [5.41, 5.74) is 2.80. The van der Waals surface area contributed by atoms with Crippen molar-refractivity contribution in [2.75, 3.05) is 7.11 Å². The maximum atomic E-state index is 9.55. The van der Waals surface area contributed by atoms with Crippen LogP contribution in [-0.2, 0) is 0 Å². The van der Waals surface area contributed by atoms with Gasteiger partial charge in [-0.1, -0.05) is 23.7 Å². The molecule has 4 aromatic rings. The summed E-state index contributed by atoms with van der Waals surface area (Å²) < 4.78 is 11.3. The van der Waals surface area contributed by atoms with Crippen molar-refractivity contribution in [1.82, 2.24) is 9.97 Å². The number of hydrogen-bond acceptors (Lipinski definition) is 4. The smallest absolute Gasteiger partial charge is 0.149 e. The van der Waals surface area contributed by atoms with Gasteiger partial charge in [-0.3, -0.25) is 0 Å². The first kappa shape index (κ1) is 17.0. The first-order valence-electron chi connectivity index (χ1n) is 8.18. The molecule has 0 bridgehead atoms. The highest BCUT2D eigenvalue weighted by molar-refractivity contribution is 6.30. The van der Waals surface area contributed by atoms with Crippen LogP contribution in [-0.4, -0.2) is 17.1 Å². The molecule has 0 radical (unpaired) electrons. The molecule has 2 heterocycles. The van der Waals surface area contributed by atoms with E-state index in [1.807, 2.05) is 30.3 Å². The fraction of sp³-hybridized carbons (Fsp3) is 0.0476. The van der Waals surface area contributed by atoms with E-state index < -0.39 is 0 Å². The number of rotatable bonds is 4. The molecule has 0 saturated carbocycles. The first-order chi connectivity index (χ1) is 13.2. The molecule has 132 valence electrons. The van der Waals surface area contributed by atoms with Crippen LogP contribution in [0.2, 0.25) is 5.02 Å². The molecule has 27 heavy (non-hydrogen) atoms. The zero-order chi connectivity index (χ0) is 18.8. The number of allylic oxidation sites excluding steroid dienone is 1. The van der Waals surface area contributed by atoms with Gasteiger partial charge in [0.25, 0.3) is 0 Å². The third-order valence-electron chi connectivity index (χ3n) is 4.11. The summed E-state index contributed by atoms with van der Waals surface area (Å²) in [7, 11) is 1.59. The first-order valence-corrected chi connectivity index (χ1v) is 8.56. The number of benzene rings is 2. The lowest BCUT2D eigenvalue weighted by molar-refractivity contribution is 0.414. The van der Waals surface area contributed by atoms with Gasteiger partial charge in [-0.15, -0.1) is 0 Å². The molecule has 0 aliphatic heterocycles. The number of H-pyrrole nitrogens is 1. The summed E-state index contributed by atoms with van der Waals surface area (Å²) >= 11 is 6.09. The van der Waals surface area contributed by atoms with Crippen LogP contribution in [0.4, 0.5) is 0 Å². The van der Waals surface area contributed by atoms with Gasteiger partial charge in [-0.25, -0.2) is 4.98 Å². The number of nitriles is 1. The normalized spacial score (nSPS) is 11.5. The number of furan rings is 1. The Morgan fingerprint density at radius 2 is 2.07 bits per heavy atom. The predicted octanol–water partition coefficient (Wildman–Crippen LogP) is 5.55. The number of para-hydroxylation sites is 2. The van der Waals surface area contributed by atoms with Gasteiger partial charge < -0.3 is 14.1 Å². The lowest BCUT2D eigenvalue weighted by Gasteiger charge is -2.06. The van der Waals surface area contributed by atoms with E-state index in [2.05, 4.69) is 16.0 Å². The van der Waals surface area contributed by atoms with Crippen molar-refractivity contribution in [1.29, 1.82) is 5.26 Å². The Bertz CT molecular complexity index is 1160. The van der Waals surface area contributed by atoms with Gasteiger partial charge in [0.15, 0.2) is 0 Å². The Morgan fingerprint density at radius 3 is 2.85 bits per heavy atom. The highest BCUT2D eigenvalue weighted by atomic mass is 35.5. The van der Waals surface area contributed by atoms with Crippen LogP contribution in [0.25, 0.3) is 34.0 Å². The second-order valence-electron chi connectivity index (χ2n) is 5.82. The summed E-state index contributed by atoms with van der Waals surface area (Å²) in [5.74, 6) is 2.28. The molecule has 0 saturated heterocycles. The van der Waals surface area contributed by atoms with Crippen LogP contribution in [0, 0.1) is 11.3 Å². The Morgan fingerprint density at radius 1 is 1.22 bits per heavy atom. The fourth-order valence-electron chi connectivity index (χ4n) is 2.82. The molecular formula is C21H14ClN3O2. The molecule has 0 aliphatic rings. The molecule has 0 aliphatic carbocycles. The van der Waals surface area contributed by atoms with Crippen molar-refractivity contribution < 1.29 is 9.15 Å². The van der Waals surface area contributed by atoms with Gasteiger partial charge in [0.05, 0.1) is 29.3 Å². The number of aromatic nitrogens is 2. The number of nitrogens with zero attached hydrogens (tertiary/aromatic N) is 2. The highest BCUT2D eigenvalue weighted by Gasteiger charge is 2.13. The maximum absolute atomic E-state index is 9.55. The third-order valence-corrected chi connectivity index (χ3v) is 4.34. The number of fused-ring (bicyclic) bond motifs is 1. The minimum Gasteiger partial charge on any atom is -0.496 e. The van der Waals surface area contributed by atoms with Gasteiger partial charge in [-0.05, 0) is 42.5 Å². The number of imidazole rings is 1. The SMILES string of the molecule is COc1ccc(Cl)cc1-c1ccc(/C=C(/C#N)c2nc3ccccc3[nH]2)o1. The van der Waals surface area contributed by atoms with Crippen molar-refractivity contribution in [3.63, 3.8) is 0 Å². The zero-order valence-electron chi connectivity index (χ0n) is 14.4. The summed E-state index contributed by atoms with van der Waals surface area (Å²) in [6, 6.07) is 18.7.